The number of aliphatic hydroxyl groups excluding tert-OH is 2. The molecule has 0 radical (unpaired) electrons. The molecule has 23 heavy (non-hydrogen) atoms. The fourth-order valence-corrected chi connectivity index (χ4v) is 3.15. The molecule has 0 aromatic carbocycles. The number of β-amino-alcohol motifs (C(OH)–C–C–N with tert-alkyl or cyclic N) is 1. The van der Waals surface area contributed by atoms with Crippen molar-refractivity contribution in [3.05, 3.63) is 0 Å². The van der Waals surface area contributed by atoms with E-state index in [1.54, 1.807) is 4.90 Å². The highest BCUT2D eigenvalue weighted by Gasteiger charge is 2.33. The Kier molecular flexibility index (Phi) is 9.87. The Labute approximate surface area is 139 Å². The quantitative estimate of drug-likeness (QED) is 0.470. The van der Waals surface area contributed by atoms with Gasteiger partial charge in [0.2, 0.25) is 11.8 Å². The molecule has 0 aliphatic carbocycles. The summed E-state index contributed by atoms with van der Waals surface area (Å²) in [6.45, 7) is 0.286. The third-order valence-corrected chi connectivity index (χ3v) is 4.49. The lowest BCUT2D eigenvalue weighted by Crippen LogP contribution is -2.37. The van der Waals surface area contributed by atoms with E-state index in [4.69, 9.17) is 5.73 Å². The maximum atomic E-state index is 12.1. The van der Waals surface area contributed by atoms with Crippen molar-refractivity contribution in [1.29, 1.82) is 0 Å². The molecule has 6 heteroatoms. The lowest BCUT2D eigenvalue weighted by molar-refractivity contribution is -0.133. The van der Waals surface area contributed by atoms with Crippen LogP contribution < -0.4 is 5.73 Å². The van der Waals surface area contributed by atoms with Gasteiger partial charge in [0.1, 0.15) is 0 Å². The van der Waals surface area contributed by atoms with Crippen molar-refractivity contribution in [2.75, 3.05) is 13.2 Å². The van der Waals surface area contributed by atoms with E-state index in [0.717, 1.165) is 51.4 Å². The first kappa shape index (κ1) is 19.9. The van der Waals surface area contributed by atoms with Crippen LogP contribution in [-0.2, 0) is 9.59 Å². The van der Waals surface area contributed by atoms with Crippen LogP contribution in [0.3, 0.4) is 0 Å². The van der Waals surface area contributed by atoms with Crippen LogP contribution in [0.15, 0.2) is 0 Å². The van der Waals surface area contributed by atoms with E-state index in [1.165, 1.54) is 0 Å². The van der Waals surface area contributed by atoms with Crippen LogP contribution in [0.5, 0.6) is 0 Å². The minimum atomic E-state index is -0.495. The molecule has 0 spiro atoms. The Morgan fingerprint density at radius 2 is 1.48 bits per heavy atom. The Hall–Kier alpha value is -1.14. The average Bonchev–Trinajstić information content (AvgIpc) is 2.89. The lowest BCUT2D eigenvalue weighted by atomic mass is 10.1. The maximum absolute atomic E-state index is 12.1. The smallest absolute Gasteiger partial charge is 0.222 e. The monoisotopic (exact) mass is 328 g/mol. The summed E-state index contributed by atoms with van der Waals surface area (Å²) < 4.78 is 0. The van der Waals surface area contributed by atoms with Gasteiger partial charge >= 0.3 is 0 Å². The molecule has 1 fully saturated rings. The number of rotatable bonds is 12. The van der Waals surface area contributed by atoms with Crippen molar-refractivity contribution < 1.29 is 19.8 Å². The van der Waals surface area contributed by atoms with E-state index in [9.17, 15) is 19.8 Å². The molecule has 0 saturated carbocycles. The number of hydrogen-bond donors (Lipinski definition) is 3. The van der Waals surface area contributed by atoms with Crippen LogP contribution in [0.1, 0.15) is 70.6 Å². The highest BCUT2D eigenvalue weighted by Crippen LogP contribution is 2.19. The summed E-state index contributed by atoms with van der Waals surface area (Å²) in [5.41, 5.74) is 5.09. The minimum Gasteiger partial charge on any atom is -0.394 e. The Bertz CT molecular complexity index is 363. The van der Waals surface area contributed by atoms with Gasteiger partial charge in [-0.25, -0.2) is 0 Å². The predicted octanol–water partition coefficient (Wildman–Crippen LogP) is 1.33. The van der Waals surface area contributed by atoms with Gasteiger partial charge in [-0.15, -0.1) is 0 Å². The average molecular weight is 328 g/mol. The number of nitrogens with zero attached hydrogens (tertiary/aromatic N) is 1. The number of aliphatic hydroxyl groups is 2. The molecule has 1 heterocycles. The molecule has 4 N–H and O–H groups in total. The van der Waals surface area contributed by atoms with Crippen molar-refractivity contribution in [3.8, 4) is 0 Å². The second-order valence-electron chi connectivity index (χ2n) is 6.57. The molecule has 1 rings (SSSR count). The summed E-state index contributed by atoms with van der Waals surface area (Å²) >= 11 is 0. The molecule has 1 aliphatic rings. The Morgan fingerprint density at radius 3 is 2.00 bits per heavy atom. The van der Waals surface area contributed by atoms with E-state index in [2.05, 4.69) is 0 Å². The number of carbonyl (C=O) groups excluding carboxylic acids is 2. The Balaban J connectivity index is 1.96. The number of carbonyl (C=O) groups is 2. The first-order chi connectivity index (χ1) is 11.0. The van der Waals surface area contributed by atoms with Crippen LogP contribution >= 0.6 is 0 Å². The van der Waals surface area contributed by atoms with Crippen LogP contribution in [0.25, 0.3) is 0 Å². The molecule has 134 valence electrons. The molecular weight excluding hydrogens is 296 g/mol. The molecule has 2 atom stereocenters. The van der Waals surface area contributed by atoms with E-state index < -0.39 is 6.10 Å². The van der Waals surface area contributed by atoms with Gasteiger partial charge in [-0.2, -0.15) is 0 Å². The van der Waals surface area contributed by atoms with Gasteiger partial charge in [-0.1, -0.05) is 38.5 Å². The predicted molar refractivity (Wildman–Crippen MR) is 88.6 cm³/mol. The summed E-state index contributed by atoms with van der Waals surface area (Å²) in [7, 11) is 0. The van der Waals surface area contributed by atoms with Crippen molar-refractivity contribution in [3.63, 3.8) is 0 Å². The molecule has 0 aromatic rings. The third-order valence-electron chi connectivity index (χ3n) is 4.49. The van der Waals surface area contributed by atoms with E-state index in [-0.39, 0.29) is 24.5 Å². The highest BCUT2D eigenvalue weighted by molar-refractivity contribution is 5.77. The number of amides is 2. The second kappa shape index (κ2) is 11.4. The molecule has 1 saturated heterocycles. The molecule has 6 nitrogen and oxygen atoms in total. The van der Waals surface area contributed by atoms with Crippen molar-refractivity contribution >= 4 is 11.8 Å². The van der Waals surface area contributed by atoms with Gasteiger partial charge in [0.25, 0.3) is 0 Å². The number of nitrogens with two attached hydrogens (primary N) is 1. The first-order valence-corrected chi connectivity index (χ1v) is 8.91. The second-order valence-corrected chi connectivity index (χ2v) is 6.57. The number of hydrogen-bond acceptors (Lipinski definition) is 4. The fourth-order valence-electron chi connectivity index (χ4n) is 3.15. The first-order valence-electron chi connectivity index (χ1n) is 8.91. The van der Waals surface area contributed by atoms with Gasteiger partial charge in [0.15, 0.2) is 0 Å². The lowest BCUT2D eigenvalue weighted by Gasteiger charge is -2.22. The van der Waals surface area contributed by atoms with Gasteiger partial charge in [0, 0.05) is 19.4 Å². The third kappa shape index (κ3) is 8.32. The van der Waals surface area contributed by atoms with Gasteiger partial charge in [-0.05, 0) is 19.3 Å². The minimum absolute atomic E-state index is 0.0482. The van der Waals surface area contributed by atoms with Gasteiger partial charge < -0.3 is 20.8 Å². The summed E-state index contributed by atoms with van der Waals surface area (Å²) in [4.78, 5) is 24.3. The van der Waals surface area contributed by atoms with Crippen molar-refractivity contribution in [2.24, 2.45) is 5.73 Å². The molecule has 0 bridgehead atoms. The van der Waals surface area contributed by atoms with Crippen LogP contribution in [-0.4, -0.2) is 52.2 Å². The zero-order valence-electron chi connectivity index (χ0n) is 14.1. The normalized spacial score (nSPS) is 20.9. The SMILES string of the molecule is NC(=O)CCCCCCCCCCC(=O)N1C[C@H](O)CC1CO. The topological polar surface area (TPSA) is 104 Å². The zero-order valence-corrected chi connectivity index (χ0v) is 14.1. The summed E-state index contributed by atoms with van der Waals surface area (Å²) in [6.07, 6.45) is 9.40. The fraction of sp³-hybridized carbons (Fsp3) is 0.882. The zero-order chi connectivity index (χ0) is 17.1. The summed E-state index contributed by atoms with van der Waals surface area (Å²) in [5, 5.41) is 18.8. The van der Waals surface area contributed by atoms with Crippen LogP contribution in [0.4, 0.5) is 0 Å². The van der Waals surface area contributed by atoms with Crippen molar-refractivity contribution in [1.82, 2.24) is 4.90 Å². The summed E-state index contributed by atoms with van der Waals surface area (Å²) in [6, 6.07) is -0.210. The number of primary amides is 1. The molecule has 1 unspecified atom stereocenters. The molecule has 1 aliphatic heterocycles. The van der Waals surface area contributed by atoms with Crippen molar-refractivity contribution in [2.45, 2.75) is 82.8 Å². The molecule has 2 amide bonds. The van der Waals surface area contributed by atoms with Crippen LogP contribution in [0, 0.1) is 0 Å². The number of likely N-dealkylation sites (tertiary alicyclic amines) is 1. The number of unbranched alkanes of at least 4 members (excludes halogenated alkanes) is 7. The van der Waals surface area contributed by atoms with E-state index >= 15 is 0 Å². The molecule has 0 aromatic heterocycles. The summed E-state index contributed by atoms with van der Waals surface area (Å²) in [5.74, 6) is -0.171. The van der Waals surface area contributed by atoms with E-state index in [0.29, 0.717) is 25.8 Å². The standard InChI is InChI=1S/C17H32N2O4/c18-16(22)9-7-5-3-1-2-4-6-8-10-17(23)19-12-15(21)11-14(19)13-20/h14-15,20-21H,1-13H2,(H2,18,22)/t14?,15-/m1/s1. The van der Waals surface area contributed by atoms with Crippen LogP contribution in [0.2, 0.25) is 0 Å². The van der Waals surface area contributed by atoms with E-state index in [1.807, 2.05) is 0 Å². The maximum Gasteiger partial charge on any atom is 0.222 e. The highest BCUT2D eigenvalue weighted by atomic mass is 16.3. The van der Waals surface area contributed by atoms with Gasteiger partial charge in [0.05, 0.1) is 18.8 Å². The molecular formula is C17H32N2O4. The largest absolute Gasteiger partial charge is 0.394 e. The van der Waals surface area contributed by atoms with Gasteiger partial charge in [-0.3, -0.25) is 9.59 Å². The Morgan fingerprint density at radius 1 is 0.957 bits per heavy atom.